The van der Waals surface area contributed by atoms with Crippen molar-refractivity contribution in [3.8, 4) is 11.3 Å². The molecule has 1 aromatic heterocycles. The molecular formula is C36H38IN3O. The minimum atomic E-state index is -0.0160. The van der Waals surface area contributed by atoms with Gasteiger partial charge < -0.3 is 14.8 Å². The molecule has 6 rings (SSSR count). The van der Waals surface area contributed by atoms with E-state index in [1.165, 1.54) is 42.1 Å². The van der Waals surface area contributed by atoms with Crippen LogP contribution in [0.5, 0.6) is 0 Å². The molecule has 1 fully saturated rings. The smallest absolute Gasteiger partial charge is 0.226 e. The number of likely N-dealkylation sites (tertiary alicyclic amines) is 1. The van der Waals surface area contributed by atoms with Crippen molar-refractivity contribution in [2.45, 2.75) is 45.6 Å². The van der Waals surface area contributed by atoms with Gasteiger partial charge in [0.2, 0.25) is 5.91 Å². The average Bonchev–Trinajstić information content (AvgIpc) is 3.37. The lowest BCUT2D eigenvalue weighted by atomic mass is 9.89. The molecule has 0 atom stereocenters. The standard InChI is InChI=1S/C36H38IN3O/c1-25(2)36(41)38-32-12-6-9-28(23-32)26-16-20-39(21-17-26)18-7-19-40-34(29-10-5-11-31(37)22-29)24-30-15-14-27-8-3-4-13-33(27)35(30)40/h3-6,8-15,22-26H,7,16-21H2,1-2H3,(H,38,41). The number of anilines is 1. The van der Waals surface area contributed by atoms with Crippen molar-refractivity contribution in [2.24, 2.45) is 5.92 Å². The number of hydrogen-bond acceptors (Lipinski definition) is 2. The minimum absolute atomic E-state index is 0.0160. The third-order valence-electron chi connectivity index (χ3n) is 8.50. The molecule has 5 heteroatoms. The number of hydrogen-bond donors (Lipinski definition) is 1. The second kappa shape index (κ2) is 12.4. The van der Waals surface area contributed by atoms with Gasteiger partial charge in [-0.05, 0) is 114 Å². The van der Waals surface area contributed by atoms with Gasteiger partial charge in [-0.2, -0.15) is 0 Å². The SMILES string of the molecule is CC(C)C(=O)Nc1cccc(C2CCN(CCCn3c(-c4cccc(I)c4)cc4ccc5ccccc5c43)CC2)c1. The van der Waals surface area contributed by atoms with Crippen LogP contribution in [0, 0.1) is 9.49 Å². The van der Waals surface area contributed by atoms with Gasteiger partial charge in [-0.3, -0.25) is 4.79 Å². The van der Waals surface area contributed by atoms with Gasteiger partial charge in [0, 0.05) is 38.2 Å². The van der Waals surface area contributed by atoms with E-state index in [1.807, 2.05) is 19.9 Å². The summed E-state index contributed by atoms with van der Waals surface area (Å²) in [6, 6.07) is 33.0. The lowest BCUT2D eigenvalue weighted by Crippen LogP contribution is -2.34. The Kier molecular flexibility index (Phi) is 8.45. The summed E-state index contributed by atoms with van der Waals surface area (Å²) in [7, 11) is 0. The van der Waals surface area contributed by atoms with E-state index < -0.39 is 0 Å². The molecule has 1 aliphatic heterocycles. The Bertz CT molecular complexity index is 1680. The number of carbonyl (C=O) groups is 1. The van der Waals surface area contributed by atoms with E-state index >= 15 is 0 Å². The predicted octanol–water partition coefficient (Wildman–Crippen LogP) is 8.93. The molecule has 1 amide bonds. The third-order valence-corrected chi connectivity index (χ3v) is 9.17. The Labute approximate surface area is 256 Å². The van der Waals surface area contributed by atoms with Crippen LogP contribution in [-0.4, -0.2) is 35.0 Å². The zero-order chi connectivity index (χ0) is 28.3. The molecule has 4 nitrogen and oxygen atoms in total. The van der Waals surface area contributed by atoms with Crippen molar-refractivity contribution in [3.05, 3.63) is 100 Å². The molecule has 2 heterocycles. The molecule has 210 valence electrons. The van der Waals surface area contributed by atoms with Crippen molar-refractivity contribution in [1.29, 1.82) is 0 Å². The molecule has 1 aliphatic rings. The van der Waals surface area contributed by atoms with E-state index in [-0.39, 0.29) is 11.8 Å². The van der Waals surface area contributed by atoms with Crippen LogP contribution < -0.4 is 5.32 Å². The quantitative estimate of drug-likeness (QED) is 0.170. The van der Waals surface area contributed by atoms with Crippen LogP contribution in [0.4, 0.5) is 5.69 Å². The minimum Gasteiger partial charge on any atom is -0.340 e. The summed E-state index contributed by atoms with van der Waals surface area (Å²) in [4.78, 5) is 14.8. The fourth-order valence-electron chi connectivity index (χ4n) is 6.25. The Morgan fingerprint density at radius 2 is 1.66 bits per heavy atom. The first kappa shape index (κ1) is 28.0. The number of aromatic nitrogens is 1. The molecule has 1 saturated heterocycles. The van der Waals surface area contributed by atoms with Gasteiger partial charge in [-0.1, -0.05) is 74.5 Å². The lowest BCUT2D eigenvalue weighted by Gasteiger charge is -2.32. The number of fused-ring (bicyclic) bond motifs is 3. The highest BCUT2D eigenvalue weighted by Gasteiger charge is 2.21. The number of amides is 1. The summed E-state index contributed by atoms with van der Waals surface area (Å²) in [5.41, 5.74) is 6.20. The molecule has 4 aromatic carbocycles. The summed E-state index contributed by atoms with van der Waals surface area (Å²) in [5, 5.41) is 7.00. The maximum atomic E-state index is 12.2. The number of rotatable bonds is 8. The van der Waals surface area contributed by atoms with E-state index in [0.717, 1.165) is 51.1 Å². The monoisotopic (exact) mass is 655 g/mol. The molecule has 0 spiro atoms. The summed E-state index contributed by atoms with van der Waals surface area (Å²) < 4.78 is 3.82. The van der Waals surface area contributed by atoms with Gasteiger partial charge in [0.25, 0.3) is 0 Å². The zero-order valence-electron chi connectivity index (χ0n) is 23.9. The molecule has 1 N–H and O–H groups in total. The van der Waals surface area contributed by atoms with Gasteiger partial charge in [0.05, 0.1) is 5.52 Å². The number of benzene rings is 4. The van der Waals surface area contributed by atoms with Crippen LogP contribution in [0.2, 0.25) is 0 Å². The molecule has 0 saturated carbocycles. The van der Waals surface area contributed by atoms with Crippen molar-refractivity contribution < 1.29 is 4.79 Å². The first-order chi connectivity index (χ1) is 20.0. The maximum Gasteiger partial charge on any atom is 0.226 e. The van der Waals surface area contributed by atoms with Crippen LogP contribution >= 0.6 is 22.6 Å². The van der Waals surface area contributed by atoms with Crippen LogP contribution in [0.15, 0.2) is 91.0 Å². The second-order valence-corrected chi connectivity index (χ2v) is 12.9. The Morgan fingerprint density at radius 3 is 2.46 bits per heavy atom. The Balaban J connectivity index is 1.15. The summed E-state index contributed by atoms with van der Waals surface area (Å²) in [6.07, 6.45) is 3.43. The van der Waals surface area contributed by atoms with Crippen LogP contribution in [0.3, 0.4) is 0 Å². The van der Waals surface area contributed by atoms with Crippen LogP contribution in [-0.2, 0) is 11.3 Å². The zero-order valence-corrected chi connectivity index (χ0v) is 26.1. The van der Waals surface area contributed by atoms with Gasteiger partial charge in [0.15, 0.2) is 0 Å². The van der Waals surface area contributed by atoms with Gasteiger partial charge >= 0.3 is 0 Å². The van der Waals surface area contributed by atoms with Crippen LogP contribution in [0.25, 0.3) is 32.9 Å². The molecule has 0 bridgehead atoms. The Hall–Kier alpha value is -3.16. The average molecular weight is 656 g/mol. The molecule has 5 aromatic rings. The number of piperidine rings is 1. The largest absolute Gasteiger partial charge is 0.340 e. The number of carbonyl (C=O) groups excluding carboxylic acids is 1. The van der Waals surface area contributed by atoms with Crippen LogP contribution in [0.1, 0.15) is 44.6 Å². The molecule has 0 radical (unpaired) electrons. The summed E-state index contributed by atoms with van der Waals surface area (Å²) in [5.74, 6) is 0.609. The van der Waals surface area contributed by atoms with E-state index in [1.54, 1.807) is 0 Å². The molecule has 0 aliphatic carbocycles. The van der Waals surface area contributed by atoms with E-state index in [0.29, 0.717) is 5.92 Å². The predicted molar refractivity (Wildman–Crippen MR) is 181 cm³/mol. The van der Waals surface area contributed by atoms with Crippen molar-refractivity contribution in [3.63, 3.8) is 0 Å². The molecule has 0 unspecified atom stereocenters. The van der Waals surface area contributed by atoms with E-state index in [2.05, 4.69) is 122 Å². The fourth-order valence-corrected chi connectivity index (χ4v) is 6.80. The van der Waals surface area contributed by atoms with Crippen molar-refractivity contribution in [2.75, 3.05) is 25.0 Å². The first-order valence-electron chi connectivity index (χ1n) is 14.9. The molecular weight excluding hydrogens is 617 g/mol. The number of aryl methyl sites for hydroxylation is 1. The van der Waals surface area contributed by atoms with Gasteiger partial charge in [0.1, 0.15) is 0 Å². The highest BCUT2D eigenvalue weighted by molar-refractivity contribution is 14.1. The highest BCUT2D eigenvalue weighted by Crippen LogP contribution is 2.34. The summed E-state index contributed by atoms with van der Waals surface area (Å²) >= 11 is 2.41. The van der Waals surface area contributed by atoms with E-state index in [4.69, 9.17) is 0 Å². The topological polar surface area (TPSA) is 37.3 Å². The molecule has 41 heavy (non-hydrogen) atoms. The Morgan fingerprint density at radius 1 is 0.878 bits per heavy atom. The van der Waals surface area contributed by atoms with Crippen molar-refractivity contribution >= 4 is 55.9 Å². The lowest BCUT2D eigenvalue weighted by molar-refractivity contribution is -0.118. The first-order valence-corrected chi connectivity index (χ1v) is 15.9. The normalized spacial score (nSPS) is 14.7. The van der Waals surface area contributed by atoms with Gasteiger partial charge in [-0.15, -0.1) is 0 Å². The third kappa shape index (κ3) is 6.21. The van der Waals surface area contributed by atoms with E-state index in [9.17, 15) is 4.79 Å². The number of halogens is 1. The number of nitrogens with one attached hydrogen (secondary N) is 1. The highest BCUT2D eigenvalue weighted by atomic mass is 127. The van der Waals surface area contributed by atoms with Gasteiger partial charge in [-0.25, -0.2) is 0 Å². The van der Waals surface area contributed by atoms with Crippen molar-refractivity contribution in [1.82, 2.24) is 9.47 Å². The number of nitrogens with zero attached hydrogens (tertiary/aromatic N) is 2. The fraction of sp³-hybridized carbons (Fsp3) is 0.306. The summed E-state index contributed by atoms with van der Waals surface area (Å²) in [6.45, 7) is 8.19. The maximum absolute atomic E-state index is 12.2. The second-order valence-electron chi connectivity index (χ2n) is 11.7.